The van der Waals surface area contributed by atoms with Gasteiger partial charge >= 0.3 is 24.3 Å². The van der Waals surface area contributed by atoms with Crippen LogP contribution < -0.4 is 4.74 Å². The lowest BCUT2D eigenvalue weighted by Crippen LogP contribution is -2.59. The highest BCUT2D eigenvalue weighted by Crippen LogP contribution is 2.29. The predicted octanol–water partition coefficient (Wildman–Crippen LogP) is 4.20. The van der Waals surface area contributed by atoms with Crippen molar-refractivity contribution in [1.29, 1.82) is 5.26 Å². The molecule has 0 saturated carbocycles. The third kappa shape index (κ3) is 8.58. The van der Waals surface area contributed by atoms with Crippen LogP contribution in [0.2, 0.25) is 0 Å². The number of halogens is 6. The van der Waals surface area contributed by atoms with Crippen LogP contribution in [0.1, 0.15) is 32.6 Å². The standard InChI is InChI=1S/C25H26F3N3O3.C2HF3O2/c1-33-22-13-18(2-4-19(22)14-29)7-9-31-11-10-30(15-23(31)25(26,27)28)8-6-17-3-5-21-20(12-17)16-34-24(21)32;3-2(4,5)1(6)7/h2-5,12-13,23H,6-11,15-16H2,1H3;(H,6,7). The number of benzene rings is 2. The van der Waals surface area contributed by atoms with Gasteiger partial charge in [-0.05, 0) is 42.2 Å². The van der Waals surface area contributed by atoms with Gasteiger partial charge < -0.3 is 14.6 Å². The molecule has 4 rings (SSSR count). The van der Waals surface area contributed by atoms with Gasteiger partial charge in [0.05, 0.1) is 18.2 Å². The van der Waals surface area contributed by atoms with Gasteiger partial charge in [-0.2, -0.15) is 31.6 Å². The average molecular weight is 588 g/mol. The quantitative estimate of drug-likeness (QED) is 0.380. The van der Waals surface area contributed by atoms with E-state index in [1.165, 1.54) is 12.0 Å². The number of nitriles is 1. The minimum atomic E-state index is -5.08. The number of carbonyl (C=O) groups excluding carboxylic acids is 1. The summed E-state index contributed by atoms with van der Waals surface area (Å²) >= 11 is 0. The van der Waals surface area contributed by atoms with Crippen LogP contribution in [0.3, 0.4) is 0 Å². The number of alkyl halides is 6. The van der Waals surface area contributed by atoms with Gasteiger partial charge in [-0.3, -0.25) is 9.80 Å². The Morgan fingerprint density at radius 1 is 1.07 bits per heavy atom. The van der Waals surface area contributed by atoms with Crippen molar-refractivity contribution in [2.75, 3.05) is 39.8 Å². The van der Waals surface area contributed by atoms with Crippen LogP contribution >= 0.6 is 0 Å². The lowest BCUT2D eigenvalue weighted by atomic mass is 10.0. The van der Waals surface area contributed by atoms with Gasteiger partial charge in [0.15, 0.2) is 0 Å². The molecule has 0 bridgehead atoms. The van der Waals surface area contributed by atoms with Gasteiger partial charge in [0.25, 0.3) is 0 Å². The third-order valence-corrected chi connectivity index (χ3v) is 6.73. The molecule has 0 spiro atoms. The van der Waals surface area contributed by atoms with Crippen LogP contribution in [0.4, 0.5) is 26.3 Å². The molecule has 2 aliphatic heterocycles. The monoisotopic (exact) mass is 587 g/mol. The molecule has 0 radical (unpaired) electrons. The fourth-order valence-electron chi connectivity index (χ4n) is 4.54. The Bertz CT molecular complexity index is 1290. The maximum Gasteiger partial charge on any atom is 0.490 e. The number of carboxylic acid groups (broad SMARTS) is 1. The molecular weight excluding hydrogens is 560 g/mol. The smallest absolute Gasteiger partial charge is 0.490 e. The fourth-order valence-corrected chi connectivity index (χ4v) is 4.54. The highest BCUT2D eigenvalue weighted by atomic mass is 19.4. The Hall–Kier alpha value is -3.83. The summed E-state index contributed by atoms with van der Waals surface area (Å²) in [7, 11) is 1.47. The Labute approximate surface area is 231 Å². The van der Waals surface area contributed by atoms with E-state index in [1.807, 2.05) is 23.1 Å². The van der Waals surface area contributed by atoms with Crippen molar-refractivity contribution in [2.45, 2.75) is 37.8 Å². The number of hydrogen-bond donors (Lipinski definition) is 1. The molecule has 222 valence electrons. The molecule has 2 aromatic rings. The molecule has 1 unspecified atom stereocenters. The normalized spacial score (nSPS) is 17.6. The number of esters is 1. The molecule has 1 fully saturated rings. The van der Waals surface area contributed by atoms with Crippen LogP contribution in [0, 0.1) is 11.3 Å². The molecule has 1 atom stereocenters. The zero-order chi connectivity index (χ0) is 30.4. The first-order valence-corrected chi connectivity index (χ1v) is 12.4. The minimum Gasteiger partial charge on any atom is -0.495 e. The highest BCUT2D eigenvalue weighted by molar-refractivity contribution is 5.93. The maximum atomic E-state index is 13.9. The second kappa shape index (κ2) is 13.2. The number of carboxylic acids is 1. The maximum absolute atomic E-state index is 13.9. The summed E-state index contributed by atoms with van der Waals surface area (Å²) in [6.45, 7) is 1.83. The number of nitrogens with zero attached hydrogens (tertiary/aromatic N) is 3. The number of piperazine rings is 1. The Balaban J connectivity index is 0.000000587. The van der Waals surface area contributed by atoms with Crippen molar-refractivity contribution in [1.82, 2.24) is 9.80 Å². The second-order valence-corrected chi connectivity index (χ2v) is 9.41. The van der Waals surface area contributed by atoms with Gasteiger partial charge in [-0.1, -0.05) is 18.2 Å². The summed E-state index contributed by atoms with van der Waals surface area (Å²) < 4.78 is 83.6. The lowest BCUT2D eigenvalue weighted by molar-refractivity contribution is -0.197. The second-order valence-electron chi connectivity index (χ2n) is 9.41. The van der Waals surface area contributed by atoms with Crippen molar-refractivity contribution in [3.8, 4) is 11.8 Å². The number of aliphatic carboxylic acids is 1. The molecule has 14 heteroatoms. The molecule has 41 heavy (non-hydrogen) atoms. The fraction of sp³-hybridized carbons (Fsp3) is 0.444. The van der Waals surface area contributed by atoms with Crippen molar-refractivity contribution >= 4 is 11.9 Å². The molecule has 2 aromatic carbocycles. The topological polar surface area (TPSA) is 103 Å². The van der Waals surface area contributed by atoms with Crippen LogP contribution in [0.5, 0.6) is 5.75 Å². The first-order chi connectivity index (χ1) is 19.2. The van der Waals surface area contributed by atoms with Crippen molar-refractivity contribution in [3.63, 3.8) is 0 Å². The number of cyclic esters (lactones) is 1. The minimum absolute atomic E-state index is 0.0767. The zero-order valence-electron chi connectivity index (χ0n) is 21.9. The number of carbonyl (C=O) groups is 2. The first kappa shape index (κ1) is 31.7. The van der Waals surface area contributed by atoms with E-state index in [0.29, 0.717) is 49.4 Å². The van der Waals surface area contributed by atoms with Gasteiger partial charge in [0.1, 0.15) is 24.5 Å². The number of hydrogen-bond acceptors (Lipinski definition) is 7. The number of ether oxygens (including phenoxy) is 2. The molecule has 2 heterocycles. The van der Waals surface area contributed by atoms with Crippen LogP contribution in [-0.4, -0.2) is 85.1 Å². The Morgan fingerprint density at radius 3 is 2.32 bits per heavy atom. The van der Waals surface area contributed by atoms with E-state index in [1.54, 1.807) is 24.3 Å². The molecule has 1 saturated heterocycles. The van der Waals surface area contributed by atoms with Crippen LogP contribution in [0.15, 0.2) is 36.4 Å². The number of rotatable bonds is 7. The Morgan fingerprint density at radius 2 is 1.71 bits per heavy atom. The van der Waals surface area contributed by atoms with Gasteiger partial charge in [-0.15, -0.1) is 0 Å². The van der Waals surface area contributed by atoms with E-state index >= 15 is 0 Å². The van der Waals surface area contributed by atoms with E-state index < -0.39 is 24.4 Å². The summed E-state index contributed by atoms with van der Waals surface area (Å²) in [5.74, 6) is -2.66. The third-order valence-electron chi connectivity index (χ3n) is 6.73. The summed E-state index contributed by atoms with van der Waals surface area (Å²) in [6, 6.07) is 11.1. The van der Waals surface area contributed by atoms with E-state index in [-0.39, 0.29) is 25.7 Å². The van der Waals surface area contributed by atoms with E-state index in [9.17, 15) is 31.1 Å². The van der Waals surface area contributed by atoms with Gasteiger partial charge in [-0.25, -0.2) is 9.59 Å². The average Bonchev–Trinajstić information content (AvgIpc) is 3.29. The van der Waals surface area contributed by atoms with Crippen molar-refractivity contribution in [2.24, 2.45) is 0 Å². The van der Waals surface area contributed by atoms with Gasteiger partial charge in [0, 0.05) is 38.3 Å². The Kier molecular flexibility index (Phi) is 10.2. The number of fused-ring (bicyclic) bond motifs is 1. The molecule has 2 aliphatic rings. The van der Waals surface area contributed by atoms with Crippen molar-refractivity contribution in [3.05, 3.63) is 64.2 Å². The summed E-state index contributed by atoms with van der Waals surface area (Å²) in [5, 5.41) is 16.2. The molecule has 0 amide bonds. The molecule has 8 nitrogen and oxygen atoms in total. The summed E-state index contributed by atoms with van der Waals surface area (Å²) in [6.07, 6.45) is -8.37. The molecule has 0 aromatic heterocycles. The van der Waals surface area contributed by atoms with Gasteiger partial charge in [0.2, 0.25) is 0 Å². The van der Waals surface area contributed by atoms with Crippen LogP contribution in [-0.2, 0) is 29.0 Å². The van der Waals surface area contributed by atoms with E-state index in [0.717, 1.165) is 16.7 Å². The SMILES string of the molecule is COc1cc(CCN2CCN(CCc3ccc4c(c3)COC4=O)CC2C(F)(F)F)ccc1C#N.O=C(O)C(F)(F)F. The molecule has 0 aliphatic carbocycles. The van der Waals surface area contributed by atoms with Crippen LogP contribution in [0.25, 0.3) is 0 Å². The largest absolute Gasteiger partial charge is 0.495 e. The lowest BCUT2D eigenvalue weighted by Gasteiger charge is -2.42. The van der Waals surface area contributed by atoms with Crippen molar-refractivity contribution < 1.29 is 50.5 Å². The first-order valence-electron chi connectivity index (χ1n) is 12.4. The summed E-state index contributed by atoms with van der Waals surface area (Å²) in [5.41, 5.74) is 3.61. The highest BCUT2D eigenvalue weighted by Gasteiger charge is 2.46. The summed E-state index contributed by atoms with van der Waals surface area (Å²) in [4.78, 5) is 23.8. The molecular formula is C27H27F6N3O5. The number of methoxy groups -OCH3 is 1. The predicted molar refractivity (Wildman–Crippen MR) is 132 cm³/mol. The zero-order valence-corrected chi connectivity index (χ0v) is 21.9. The van der Waals surface area contributed by atoms with E-state index in [2.05, 4.69) is 0 Å². The molecule has 1 N–H and O–H groups in total. The van der Waals surface area contributed by atoms with E-state index in [4.69, 9.17) is 24.6 Å².